The summed E-state index contributed by atoms with van der Waals surface area (Å²) in [5.41, 5.74) is 5.36. The Morgan fingerprint density at radius 1 is 1.26 bits per heavy atom. The Hall–Kier alpha value is -3.72. The van der Waals surface area contributed by atoms with Gasteiger partial charge in [-0.05, 0) is 40.8 Å². The zero-order chi connectivity index (χ0) is 24.6. The molecule has 0 fully saturated rings. The summed E-state index contributed by atoms with van der Waals surface area (Å²) in [5, 5.41) is 12.8. The quantitative estimate of drug-likeness (QED) is 0.423. The number of H-pyrrole nitrogens is 1. The van der Waals surface area contributed by atoms with Crippen molar-refractivity contribution in [2.75, 3.05) is 13.7 Å². The molecule has 1 atom stereocenters. The summed E-state index contributed by atoms with van der Waals surface area (Å²) in [6, 6.07) is 9.24. The van der Waals surface area contributed by atoms with Crippen molar-refractivity contribution in [3.8, 4) is 5.69 Å². The van der Waals surface area contributed by atoms with Crippen LogP contribution in [0.3, 0.4) is 0 Å². The first kappa shape index (κ1) is 23.4. The Morgan fingerprint density at radius 2 is 2.00 bits per heavy atom. The summed E-state index contributed by atoms with van der Waals surface area (Å²) in [6.07, 6.45) is 1.52. The van der Waals surface area contributed by atoms with Crippen LogP contribution in [0.4, 0.5) is 0 Å². The highest BCUT2D eigenvalue weighted by atomic mass is 16.5. The monoisotopic (exact) mass is 462 g/mol. The number of pyridine rings is 1. The van der Waals surface area contributed by atoms with Gasteiger partial charge in [0.1, 0.15) is 5.56 Å². The van der Waals surface area contributed by atoms with Crippen LogP contribution >= 0.6 is 0 Å². The molecule has 0 saturated heterocycles. The normalized spacial score (nSPS) is 12.4. The van der Waals surface area contributed by atoms with E-state index in [0.29, 0.717) is 23.5 Å². The van der Waals surface area contributed by atoms with Crippen LogP contribution in [0.5, 0.6) is 0 Å². The van der Waals surface area contributed by atoms with E-state index in [1.807, 2.05) is 45.2 Å². The molecular weight excluding hydrogens is 432 g/mol. The number of para-hydroxylation sites is 1. The van der Waals surface area contributed by atoms with E-state index in [1.54, 1.807) is 29.3 Å². The number of aromatic amines is 1. The molecule has 4 rings (SSSR count). The SMILES string of the molecule is CCOC(=O)c1cnn(-c2cc(=O)n(C)c3ccccc23)c1CN(C)[C@H](C)c1c(C)n[nH]c1C. The highest BCUT2D eigenvalue weighted by Gasteiger charge is 2.25. The number of fused-ring (bicyclic) bond motifs is 1. The molecule has 4 aromatic rings. The van der Waals surface area contributed by atoms with E-state index in [4.69, 9.17) is 4.74 Å². The minimum absolute atomic E-state index is 0.0255. The largest absolute Gasteiger partial charge is 0.462 e. The molecule has 0 bridgehead atoms. The van der Waals surface area contributed by atoms with E-state index in [0.717, 1.165) is 27.9 Å². The molecule has 9 heteroatoms. The first-order valence-electron chi connectivity index (χ1n) is 11.3. The molecule has 0 unspecified atom stereocenters. The van der Waals surface area contributed by atoms with E-state index in [9.17, 15) is 9.59 Å². The van der Waals surface area contributed by atoms with Crippen LogP contribution in [-0.4, -0.2) is 49.1 Å². The van der Waals surface area contributed by atoms with Gasteiger partial charge in [-0.25, -0.2) is 9.48 Å². The van der Waals surface area contributed by atoms with Crippen LogP contribution in [-0.2, 0) is 18.3 Å². The number of aromatic nitrogens is 5. The number of benzene rings is 1. The Labute approximate surface area is 198 Å². The number of carbonyl (C=O) groups excluding carboxylic acids is 1. The van der Waals surface area contributed by atoms with Gasteiger partial charge >= 0.3 is 5.97 Å². The lowest BCUT2D eigenvalue weighted by Gasteiger charge is -2.26. The second-order valence-corrected chi connectivity index (χ2v) is 8.52. The summed E-state index contributed by atoms with van der Waals surface area (Å²) in [7, 11) is 3.73. The first-order chi connectivity index (χ1) is 16.2. The molecule has 0 aliphatic heterocycles. The molecular formula is C25H30N6O3. The van der Waals surface area contributed by atoms with Crippen LogP contribution in [0.1, 0.15) is 52.9 Å². The van der Waals surface area contributed by atoms with Crippen molar-refractivity contribution in [3.05, 3.63) is 75.1 Å². The molecule has 0 aliphatic carbocycles. The first-order valence-corrected chi connectivity index (χ1v) is 11.3. The van der Waals surface area contributed by atoms with Crippen molar-refractivity contribution in [2.45, 2.75) is 40.3 Å². The molecule has 0 radical (unpaired) electrons. The van der Waals surface area contributed by atoms with Crippen LogP contribution < -0.4 is 5.56 Å². The number of ether oxygens (including phenoxy) is 1. The van der Waals surface area contributed by atoms with Gasteiger partial charge in [0.15, 0.2) is 0 Å². The number of hydrogen-bond donors (Lipinski definition) is 1. The number of nitrogens with zero attached hydrogens (tertiary/aromatic N) is 5. The van der Waals surface area contributed by atoms with E-state index in [-0.39, 0.29) is 18.2 Å². The molecule has 0 aliphatic rings. The summed E-state index contributed by atoms with van der Waals surface area (Å²) in [4.78, 5) is 27.7. The smallest absolute Gasteiger partial charge is 0.341 e. The Balaban J connectivity index is 1.85. The summed E-state index contributed by atoms with van der Waals surface area (Å²) < 4.78 is 8.60. The Morgan fingerprint density at radius 3 is 2.68 bits per heavy atom. The van der Waals surface area contributed by atoms with Gasteiger partial charge < -0.3 is 9.30 Å². The lowest BCUT2D eigenvalue weighted by atomic mass is 10.0. The van der Waals surface area contributed by atoms with E-state index < -0.39 is 5.97 Å². The van der Waals surface area contributed by atoms with Gasteiger partial charge in [0, 0.05) is 42.3 Å². The number of carbonyl (C=O) groups is 1. The minimum atomic E-state index is -0.436. The number of nitrogens with one attached hydrogen (secondary N) is 1. The molecule has 0 saturated carbocycles. The van der Waals surface area contributed by atoms with Gasteiger partial charge in [-0.15, -0.1) is 0 Å². The highest BCUT2D eigenvalue weighted by Crippen LogP contribution is 2.28. The van der Waals surface area contributed by atoms with E-state index >= 15 is 0 Å². The summed E-state index contributed by atoms with van der Waals surface area (Å²) in [5.74, 6) is -0.436. The van der Waals surface area contributed by atoms with Crippen molar-refractivity contribution in [1.82, 2.24) is 29.4 Å². The van der Waals surface area contributed by atoms with Crippen molar-refractivity contribution in [2.24, 2.45) is 7.05 Å². The number of aryl methyl sites for hydroxylation is 3. The summed E-state index contributed by atoms with van der Waals surface area (Å²) >= 11 is 0. The number of esters is 1. The number of hydrogen-bond acceptors (Lipinski definition) is 6. The molecule has 0 amide bonds. The average molecular weight is 463 g/mol. The van der Waals surface area contributed by atoms with Gasteiger partial charge in [0.05, 0.1) is 35.4 Å². The fraction of sp³-hybridized carbons (Fsp3) is 0.360. The Bertz CT molecular complexity index is 1390. The second kappa shape index (κ2) is 9.26. The maximum Gasteiger partial charge on any atom is 0.341 e. The molecule has 0 spiro atoms. The third kappa shape index (κ3) is 4.03. The fourth-order valence-electron chi connectivity index (χ4n) is 4.45. The predicted octanol–water partition coefficient (Wildman–Crippen LogP) is 3.43. The van der Waals surface area contributed by atoms with E-state index in [2.05, 4.69) is 27.1 Å². The van der Waals surface area contributed by atoms with Gasteiger partial charge in [0.2, 0.25) is 0 Å². The highest BCUT2D eigenvalue weighted by molar-refractivity contribution is 5.92. The molecule has 3 aromatic heterocycles. The average Bonchev–Trinajstić information content (AvgIpc) is 3.38. The molecule has 178 valence electrons. The summed E-state index contributed by atoms with van der Waals surface area (Å²) in [6.45, 7) is 8.52. The van der Waals surface area contributed by atoms with Crippen molar-refractivity contribution < 1.29 is 9.53 Å². The molecule has 1 N–H and O–H groups in total. The van der Waals surface area contributed by atoms with Gasteiger partial charge in [-0.3, -0.25) is 14.8 Å². The van der Waals surface area contributed by atoms with Gasteiger partial charge in [-0.1, -0.05) is 18.2 Å². The fourth-order valence-corrected chi connectivity index (χ4v) is 4.45. The predicted molar refractivity (Wildman–Crippen MR) is 130 cm³/mol. The Kier molecular flexibility index (Phi) is 6.39. The molecule has 9 nitrogen and oxygen atoms in total. The van der Waals surface area contributed by atoms with Crippen LogP contribution in [0.2, 0.25) is 0 Å². The second-order valence-electron chi connectivity index (χ2n) is 8.52. The van der Waals surface area contributed by atoms with E-state index in [1.165, 1.54) is 6.20 Å². The number of rotatable bonds is 7. The van der Waals surface area contributed by atoms with Gasteiger partial charge in [0.25, 0.3) is 5.56 Å². The maximum absolute atomic E-state index is 12.8. The molecule has 34 heavy (non-hydrogen) atoms. The van der Waals surface area contributed by atoms with Crippen LogP contribution in [0.15, 0.2) is 41.3 Å². The lowest BCUT2D eigenvalue weighted by Crippen LogP contribution is -2.26. The van der Waals surface area contributed by atoms with Crippen molar-refractivity contribution in [1.29, 1.82) is 0 Å². The molecule has 1 aromatic carbocycles. The van der Waals surface area contributed by atoms with Crippen LogP contribution in [0.25, 0.3) is 16.6 Å². The zero-order valence-electron chi connectivity index (χ0n) is 20.4. The van der Waals surface area contributed by atoms with Gasteiger partial charge in [-0.2, -0.15) is 10.2 Å². The van der Waals surface area contributed by atoms with Crippen molar-refractivity contribution in [3.63, 3.8) is 0 Å². The van der Waals surface area contributed by atoms with Crippen LogP contribution in [0, 0.1) is 13.8 Å². The third-order valence-electron chi connectivity index (χ3n) is 6.39. The molecule has 3 heterocycles. The zero-order valence-corrected chi connectivity index (χ0v) is 20.4. The third-order valence-corrected chi connectivity index (χ3v) is 6.39. The maximum atomic E-state index is 12.8. The standard InChI is InChI=1S/C25H30N6O3/c1-7-34-25(33)19-13-26-31(21-12-23(32)30(6)20-11-9-8-10-18(20)21)22(19)14-29(5)17(4)24-15(2)27-28-16(24)3/h8-13,17H,7,14H2,1-6H3,(H,27,28)/t17-/m1/s1. The topological polar surface area (TPSA) is 98.0 Å². The lowest BCUT2D eigenvalue weighted by molar-refractivity contribution is 0.0523. The minimum Gasteiger partial charge on any atom is -0.462 e. The van der Waals surface area contributed by atoms with Crippen molar-refractivity contribution >= 4 is 16.9 Å².